The molecular formula is C13H14N2O2. The summed E-state index contributed by atoms with van der Waals surface area (Å²) in [6.45, 7) is 3.90. The minimum atomic E-state index is -0.837. The molecule has 4 nitrogen and oxygen atoms in total. The minimum Gasteiger partial charge on any atom is -0.481 e. The van der Waals surface area contributed by atoms with E-state index in [1.807, 2.05) is 38.1 Å². The van der Waals surface area contributed by atoms with Crippen LogP contribution >= 0.6 is 0 Å². The largest absolute Gasteiger partial charge is 0.481 e. The Bertz CT molecular complexity index is 541. The second kappa shape index (κ2) is 4.41. The molecule has 0 saturated heterocycles. The fourth-order valence-corrected chi connectivity index (χ4v) is 1.73. The van der Waals surface area contributed by atoms with Crippen molar-refractivity contribution in [2.24, 2.45) is 0 Å². The first-order chi connectivity index (χ1) is 8.08. The van der Waals surface area contributed by atoms with E-state index in [1.54, 1.807) is 10.9 Å². The van der Waals surface area contributed by atoms with Gasteiger partial charge in [0, 0.05) is 11.3 Å². The minimum absolute atomic E-state index is 0.0116. The first-order valence-corrected chi connectivity index (χ1v) is 5.40. The Morgan fingerprint density at radius 2 is 1.94 bits per heavy atom. The molecule has 1 aromatic carbocycles. The third-order valence-corrected chi connectivity index (χ3v) is 2.73. The van der Waals surface area contributed by atoms with E-state index >= 15 is 0 Å². The topological polar surface area (TPSA) is 55.1 Å². The van der Waals surface area contributed by atoms with Gasteiger partial charge in [0.1, 0.15) is 0 Å². The fourth-order valence-electron chi connectivity index (χ4n) is 1.73. The number of rotatable bonds is 3. The summed E-state index contributed by atoms with van der Waals surface area (Å²) in [5, 5.41) is 13.0. The number of benzene rings is 1. The van der Waals surface area contributed by atoms with Gasteiger partial charge in [0.15, 0.2) is 0 Å². The fraction of sp³-hybridized carbons (Fsp3) is 0.231. The second-order valence-electron chi connectivity index (χ2n) is 4.07. The maximum atomic E-state index is 10.7. The summed E-state index contributed by atoms with van der Waals surface area (Å²) >= 11 is 0. The van der Waals surface area contributed by atoms with Crippen LogP contribution in [0.2, 0.25) is 0 Å². The van der Waals surface area contributed by atoms with E-state index in [1.165, 1.54) is 5.56 Å². The number of hydrogen-bond acceptors (Lipinski definition) is 2. The molecule has 0 fully saturated rings. The van der Waals surface area contributed by atoms with Crippen LogP contribution in [-0.4, -0.2) is 20.9 Å². The molecule has 4 heteroatoms. The van der Waals surface area contributed by atoms with Gasteiger partial charge in [0.05, 0.1) is 18.3 Å². The maximum absolute atomic E-state index is 10.7. The van der Waals surface area contributed by atoms with Crippen LogP contribution in [-0.2, 0) is 11.2 Å². The van der Waals surface area contributed by atoms with Crippen molar-refractivity contribution in [3.63, 3.8) is 0 Å². The van der Waals surface area contributed by atoms with Gasteiger partial charge in [-0.3, -0.25) is 4.79 Å². The monoisotopic (exact) mass is 230 g/mol. The molecule has 1 heterocycles. The zero-order chi connectivity index (χ0) is 12.4. The molecule has 88 valence electrons. The standard InChI is InChI=1S/C13H14N2O2/c1-9-3-5-12(6-4-9)15-10(2)11(8-14-15)7-13(16)17/h3-6,8H,7H2,1-2H3,(H,16,17). The third-order valence-electron chi connectivity index (χ3n) is 2.73. The Labute approximate surface area is 99.5 Å². The molecular weight excluding hydrogens is 216 g/mol. The number of carboxylic acids is 1. The lowest BCUT2D eigenvalue weighted by Crippen LogP contribution is -2.03. The van der Waals surface area contributed by atoms with Crippen molar-refractivity contribution in [3.8, 4) is 5.69 Å². The van der Waals surface area contributed by atoms with Crippen molar-refractivity contribution >= 4 is 5.97 Å². The van der Waals surface area contributed by atoms with E-state index in [4.69, 9.17) is 5.11 Å². The van der Waals surface area contributed by atoms with E-state index < -0.39 is 5.97 Å². The first-order valence-electron chi connectivity index (χ1n) is 5.40. The third kappa shape index (κ3) is 2.36. The summed E-state index contributed by atoms with van der Waals surface area (Å²) in [6.07, 6.45) is 1.63. The summed E-state index contributed by atoms with van der Waals surface area (Å²) in [7, 11) is 0. The van der Waals surface area contributed by atoms with Crippen LogP contribution in [0.15, 0.2) is 30.5 Å². The Morgan fingerprint density at radius 1 is 1.29 bits per heavy atom. The Hall–Kier alpha value is -2.10. The SMILES string of the molecule is Cc1ccc(-n2ncc(CC(=O)O)c2C)cc1. The van der Waals surface area contributed by atoms with Crippen molar-refractivity contribution in [2.75, 3.05) is 0 Å². The van der Waals surface area contributed by atoms with E-state index in [9.17, 15) is 4.79 Å². The number of nitrogens with zero attached hydrogens (tertiary/aromatic N) is 2. The number of aryl methyl sites for hydroxylation is 1. The molecule has 2 rings (SSSR count). The number of aromatic nitrogens is 2. The van der Waals surface area contributed by atoms with E-state index in [0.717, 1.165) is 16.9 Å². The summed E-state index contributed by atoms with van der Waals surface area (Å²) < 4.78 is 1.76. The van der Waals surface area contributed by atoms with Gasteiger partial charge in [-0.15, -0.1) is 0 Å². The molecule has 0 saturated carbocycles. The highest BCUT2D eigenvalue weighted by Gasteiger charge is 2.10. The van der Waals surface area contributed by atoms with Crippen molar-refractivity contribution in [1.29, 1.82) is 0 Å². The van der Waals surface area contributed by atoms with Crippen LogP contribution in [0.3, 0.4) is 0 Å². The van der Waals surface area contributed by atoms with Gasteiger partial charge >= 0.3 is 5.97 Å². The molecule has 0 spiro atoms. The lowest BCUT2D eigenvalue weighted by molar-refractivity contribution is -0.136. The van der Waals surface area contributed by atoms with Crippen molar-refractivity contribution in [1.82, 2.24) is 9.78 Å². The summed E-state index contributed by atoms with van der Waals surface area (Å²) in [6, 6.07) is 7.96. The van der Waals surface area contributed by atoms with E-state index in [2.05, 4.69) is 5.10 Å². The maximum Gasteiger partial charge on any atom is 0.307 e. The van der Waals surface area contributed by atoms with Gasteiger partial charge in [0.2, 0.25) is 0 Å². The molecule has 2 aromatic rings. The predicted octanol–water partition coefficient (Wildman–Crippen LogP) is 2.12. The molecule has 0 radical (unpaired) electrons. The van der Waals surface area contributed by atoms with Gasteiger partial charge in [-0.2, -0.15) is 5.10 Å². The summed E-state index contributed by atoms with van der Waals surface area (Å²) in [5.74, 6) is -0.837. The highest BCUT2D eigenvalue weighted by atomic mass is 16.4. The van der Waals surface area contributed by atoms with Crippen molar-refractivity contribution in [2.45, 2.75) is 20.3 Å². The Morgan fingerprint density at radius 3 is 2.53 bits per heavy atom. The highest BCUT2D eigenvalue weighted by molar-refractivity contribution is 5.70. The zero-order valence-electron chi connectivity index (χ0n) is 9.84. The van der Waals surface area contributed by atoms with Gasteiger partial charge in [-0.25, -0.2) is 4.68 Å². The molecule has 17 heavy (non-hydrogen) atoms. The van der Waals surface area contributed by atoms with Gasteiger partial charge in [-0.05, 0) is 26.0 Å². The van der Waals surface area contributed by atoms with Crippen molar-refractivity contribution in [3.05, 3.63) is 47.3 Å². The summed E-state index contributed by atoms with van der Waals surface area (Å²) in [5.41, 5.74) is 3.75. The average Bonchev–Trinajstić information content (AvgIpc) is 2.61. The zero-order valence-corrected chi connectivity index (χ0v) is 9.84. The number of carboxylic acid groups (broad SMARTS) is 1. The smallest absolute Gasteiger partial charge is 0.307 e. The van der Waals surface area contributed by atoms with E-state index in [-0.39, 0.29) is 6.42 Å². The molecule has 0 unspecified atom stereocenters. The van der Waals surface area contributed by atoms with E-state index in [0.29, 0.717) is 0 Å². The summed E-state index contributed by atoms with van der Waals surface area (Å²) in [4.78, 5) is 10.7. The Kier molecular flexibility index (Phi) is 2.95. The van der Waals surface area contributed by atoms with Crippen LogP contribution in [0.1, 0.15) is 16.8 Å². The van der Waals surface area contributed by atoms with Gasteiger partial charge in [0.25, 0.3) is 0 Å². The predicted molar refractivity (Wildman–Crippen MR) is 64.4 cm³/mol. The van der Waals surface area contributed by atoms with Crippen LogP contribution < -0.4 is 0 Å². The van der Waals surface area contributed by atoms with Crippen LogP contribution in [0, 0.1) is 13.8 Å². The normalized spacial score (nSPS) is 10.5. The Balaban J connectivity index is 2.37. The molecule has 0 amide bonds. The number of carbonyl (C=O) groups is 1. The van der Waals surface area contributed by atoms with Crippen LogP contribution in [0.5, 0.6) is 0 Å². The number of hydrogen-bond donors (Lipinski definition) is 1. The molecule has 0 aliphatic carbocycles. The van der Waals surface area contributed by atoms with Gasteiger partial charge in [-0.1, -0.05) is 17.7 Å². The second-order valence-corrected chi connectivity index (χ2v) is 4.07. The molecule has 0 bridgehead atoms. The lowest BCUT2D eigenvalue weighted by atomic mass is 10.2. The molecule has 0 aliphatic rings. The number of aliphatic carboxylic acids is 1. The average molecular weight is 230 g/mol. The van der Waals surface area contributed by atoms with Gasteiger partial charge < -0.3 is 5.11 Å². The highest BCUT2D eigenvalue weighted by Crippen LogP contribution is 2.15. The van der Waals surface area contributed by atoms with Crippen molar-refractivity contribution < 1.29 is 9.90 Å². The quantitative estimate of drug-likeness (QED) is 0.878. The molecule has 0 aliphatic heterocycles. The van der Waals surface area contributed by atoms with Crippen LogP contribution in [0.25, 0.3) is 5.69 Å². The molecule has 1 aromatic heterocycles. The molecule has 1 N–H and O–H groups in total. The first kappa shape index (κ1) is 11.4. The lowest BCUT2D eigenvalue weighted by Gasteiger charge is -2.05. The molecule has 0 atom stereocenters. The van der Waals surface area contributed by atoms with Crippen LogP contribution in [0.4, 0.5) is 0 Å².